The molecule has 0 saturated carbocycles. The van der Waals surface area contributed by atoms with Crippen LogP contribution in [0.1, 0.15) is 22.4 Å². The summed E-state index contributed by atoms with van der Waals surface area (Å²) in [7, 11) is 1.98. The monoisotopic (exact) mass is 262 g/mol. The van der Waals surface area contributed by atoms with Crippen molar-refractivity contribution < 1.29 is 0 Å². The van der Waals surface area contributed by atoms with Crippen LogP contribution in [0.4, 0.5) is 0 Å². The van der Waals surface area contributed by atoms with Crippen LogP contribution in [-0.4, -0.2) is 16.9 Å². The third-order valence-electron chi connectivity index (χ3n) is 2.95. The van der Waals surface area contributed by atoms with Gasteiger partial charge in [0.2, 0.25) is 0 Å². The van der Waals surface area contributed by atoms with Crippen molar-refractivity contribution in [1.29, 1.82) is 10.5 Å². The maximum absolute atomic E-state index is 9.02. The molecule has 0 N–H and O–H groups in total. The molecule has 0 bridgehead atoms. The number of nitrogens with zero attached hydrogens (tertiary/aromatic N) is 4. The topological polar surface area (TPSA) is 63.7 Å². The molecule has 0 aliphatic heterocycles. The van der Waals surface area contributed by atoms with Gasteiger partial charge < -0.3 is 0 Å². The second-order valence-electron chi connectivity index (χ2n) is 4.61. The Kier molecular flexibility index (Phi) is 4.44. The van der Waals surface area contributed by atoms with Crippen LogP contribution in [0.5, 0.6) is 0 Å². The van der Waals surface area contributed by atoms with Gasteiger partial charge in [-0.3, -0.25) is 4.90 Å². The fourth-order valence-corrected chi connectivity index (χ4v) is 2.06. The van der Waals surface area contributed by atoms with E-state index in [0.717, 1.165) is 17.7 Å². The normalized spacial score (nSPS) is 10.0. The Morgan fingerprint density at radius 3 is 2.70 bits per heavy atom. The third kappa shape index (κ3) is 3.41. The van der Waals surface area contributed by atoms with Crippen molar-refractivity contribution in [3.8, 4) is 12.1 Å². The Bertz CT molecular complexity index is 679. The van der Waals surface area contributed by atoms with E-state index in [0.29, 0.717) is 17.8 Å². The van der Waals surface area contributed by atoms with Crippen molar-refractivity contribution in [1.82, 2.24) is 9.88 Å². The number of nitriles is 2. The summed E-state index contributed by atoms with van der Waals surface area (Å²) in [6, 6.07) is 15.5. The maximum atomic E-state index is 9.02. The molecule has 0 atom stereocenters. The zero-order valence-corrected chi connectivity index (χ0v) is 11.2. The lowest BCUT2D eigenvalue weighted by Gasteiger charge is -2.17. The molecule has 1 aromatic carbocycles. The highest BCUT2D eigenvalue weighted by Gasteiger charge is 2.07. The molecular formula is C16H14N4. The van der Waals surface area contributed by atoms with Crippen LogP contribution in [0.15, 0.2) is 42.6 Å². The smallest absolute Gasteiger partial charge is 0.144 e. The van der Waals surface area contributed by atoms with Crippen LogP contribution in [0.25, 0.3) is 0 Å². The lowest BCUT2D eigenvalue weighted by molar-refractivity contribution is 0.318. The van der Waals surface area contributed by atoms with E-state index < -0.39 is 0 Å². The van der Waals surface area contributed by atoms with Crippen molar-refractivity contribution in [3.05, 3.63) is 65.0 Å². The molecule has 4 heteroatoms. The fourth-order valence-electron chi connectivity index (χ4n) is 2.06. The van der Waals surface area contributed by atoms with Gasteiger partial charge in [0.15, 0.2) is 0 Å². The molecule has 2 aromatic rings. The number of hydrogen-bond acceptors (Lipinski definition) is 4. The summed E-state index contributed by atoms with van der Waals surface area (Å²) in [5.74, 6) is 0. The molecule has 0 radical (unpaired) electrons. The summed E-state index contributed by atoms with van der Waals surface area (Å²) in [6.07, 6.45) is 1.62. The lowest BCUT2D eigenvalue weighted by atomic mass is 10.1. The van der Waals surface area contributed by atoms with Crippen molar-refractivity contribution in [2.45, 2.75) is 13.1 Å². The Morgan fingerprint density at radius 2 is 1.95 bits per heavy atom. The van der Waals surface area contributed by atoms with Crippen LogP contribution in [0.2, 0.25) is 0 Å². The number of aromatic nitrogens is 1. The molecule has 4 nitrogen and oxygen atoms in total. The molecule has 1 heterocycles. The molecule has 0 amide bonds. The number of benzene rings is 1. The SMILES string of the molecule is CN(Cc1cccc(C#N)c1)Cc1cccnc1C#N. The highest BCUT2D eigenvalue weighted by molar-refractivity contribution is 5.33. The summed E-state index contributed by atoms with van der Waals surface area (Å²) in [5.41, 5.74) is 3.11. The summed E-state index contributed by atoms with van der Waals surface area (Å²) in [4.78, 5) is 6.15. The van der Waals surface area contributed by atoms with Gasteiger partial charge in [0.1, 0.15) is 11.8 Å². The van der Waals surface area contributed by atoms with Crippen molar-refractivity contribution in [2.24, 2.45) is 0 Å². The highest BCUT2D eigenvalue weighted by Crippen LogP contribution is 2.11. The summed E-state index contributed by atoms with van der Waals surface area (Å²) in [5, 5.41) is 17.9. The van der Waals surface area contributed by atoms with Gasteiger partial charge in [-0.05, 0) is 30.8 Å². The molecule has 98 valence electrons. The Hall–Kier alpha value is -2.69. The first-order valence-corrected chi connectivity index (χ1v) is 6.24. The van der Waals surface area contributed by atoms with Crippen LogP contribution in [0.3, 0.4) is 0 Å². The Balaban J connectivity index is 2.07. The summed E-state index contributed by atoms with van der Waals surface area (Å²) < 4.78 is 0. The van der Waals surface area contributed by atoms with Crippen molar-refractivity contribution >= 4 is 0 Å². The van der Waals surface area contributed by atoms with E-state index in [9.17, 15) is 0 Å². The van der Waals surface area contributed by atoms with Gasteiger partial charge in [-0.2, -0.15) is 10.5 Å². The predicted molar refractivity (Wildman–Crippen MR) is 75.3 cm³/mol. The van der Waals surface area contributed by atoms with E-state index in [2.05, 4.69) is 22.0 Å². The summed E-state index contributed by atoms with van der Waals surface area (Å²) >= 11 is 0. The molecule has 0 unspecified atom stereocenters. The van der Waals surface area contributed by atoms with E-state index >= 15 is 0 Å². The van der Waals surface area contributed by atoms with E-state index in [1.165, 1.54) is 0 Å². The van der Waals surface area contributed by atoms with Crippen LogP contribution < -0.4 is 0 Å². The van der Waals surface area contributed by atoms with E-state index in [-0.39, 0.29) is 0 Å². The Morgan fingerprint density at radius 1 is 1.10 bits per heavy atom. The lowest BCUT2D eigenvalue weighted by Crippen LogP contribution is -2.18. The minimum atomic E-state index is 0.463. The molecule has 2 rings (SSSR count). The molecule has 0 saturated heterocycles. The third-order valence-corrected chi connectivity index (χ3v) is 2.95. The average molecular weight is 262 g/mol. The number of rotatable bonds is 4. The standard InChI is InChI=1S/C16H14N4/c1-20(11-14-5-2-4-13(8-14)9-17)12-15-6-3-7-19-16(15)10-18/h2-8H,11-12H2,1H3. The molecule has 0 aliphatic rings. The second kappa shape index (κ2) is 6.47. The van der Waals surface area contributed by atoms with Crippen LogP contribution in [0, 0.1) is 22.7 Å². The molecule has 20 heavy (non-hydrogen) atoms. The Labute approximate surface area is 118 Å². The van der Waals surface area contributed by atoms with Crippen LogP contribution in [-0.2, 0) is 13.1 Å². The summed E-state index contributed by atoms with van der Waals surface area (Å²) in [6.45, 7) is 1.36. The highest BCUT2D eigenvalue weighted by atomic mass is 15.1. The van der Waals surface area contributed by atoms with Gasteiger partial charge >= 0.3 is 0 Å². The molecule has 0 aliphatic carbocycles. The van der Waals surface area contributed by atoms with E-state index in [1.54, 1.807) is 12.3 Å². The quantitative estimate of drug-likeness (QED) is 0.849. The first kappa shape index (κ1) is 13.7. The maximum Gasteiger partial charge on any atom is 0.144 e. The second-order valence-corrected chi connectivity index (χ2v) is 4.61. The molecule has 0 fully saturated rings. The van der Waals surface area contributed by atoms with Crippen molar-refractivity contribution in [2.75, 3.05) is 7.05 Å². The van der Waals surface area contributed by atoms with Crippen LogP contribution >= 0.6 is 0 Å². The molecule has 1 aromatic heterocycles. The fraction of sp³-hybridized carbons (Fsp3) is 0.188. The van der Waals surface area contributed by atoms with Gasteiger partial charge in [0, 0.05) is 24.8 Å². The van der Waals surface area contributed by atoms with Gasteiger partial charge in [0.05, 0.1) is 11.6 Å². The minimum absolute atomic E-state index is 0.463. The first-order chi connectivity index (χ1) is 9.72. The minimum Gasteiger partial charge on any atom is -0.298 e. The average Bonchev–Trinajstić information content (AvgIpc) is 2.48. The first-order valence-electron chi connectivity index (χ1n) is 6.24. The zero-order chi connectivity index (χ0) is 14.4. The number of pyridine rings is 1. The number of hydrogen-bond donors (Lipinski definition) is 0. The van der Waals surface area contributed by atoms with E-state index in [1.807, 2.05) is 37.4 Å². The van der Waals surface area contributed by atoms with Gasteiger partial charge in [-0.1, -0.05) is 18.2 Å². The zero-order valence-electron chi connectivity index (χ0n) is 11.2. The van der Waals surface area contributed by atoms with Crippen molar-refractivity contribution in [3.63, 3.8) is 0 Å². The molecule has 0 spiro atoms. The predicted octanol–water partition coefficient (Wildman–Crippen LogP) is 2.46. The van der Waals surface area contributed by atoms with Gasteiger partial charge in [-0.15, -0.1) is 0 Å². The van der Waals surface area contributed by atoms with Gasteiger partial charge in [0.25, 0.3) is 0 Å². The molecular weight excluding hydrogens is 248 g/mol. The van der Waals surface area contributed by atoms with E-state index in [4.69, 9.17) is 10.5 Å². The van der Waals surface area contributed by atoms with Gasteiger partial charge in [-0.25, -0.2) is 4.98 Å². The largest absolute Gasteiger partial charge is 0.298 e.